The Kier molecular flexibility index (Phi) is 8.62. The van der Waals surface area contributed by atoms with Crippen molar-refractivity contribution in [1.82, 2.24) is 10.3 Å². The van der Waals surface area contributed by atoms with Gasteiger partial charge in [0.15, 0.2) is 5.58 Å². The number of furan rings is 1. The second-order valence-corrected chi connectivity index (χ2v) is 11.6. The summed E-state index contributed by atoms with van der Waals surface area (Å²) in [6.45, 7) is 0. The number of carbonyl (C=O) groups is 1. The zero-order valence-corrected chi connectivity index (χ0v) is 24.5. The van der Waals surface area contributed by atoms with Gasteiger partial charge in [-0.2, -0.15) is 5.26 Å². The molecule has 8 nitrogen and oxygen atoms in total. The Morgan fingerprint density at radius 3 is 2.51 bits per heavy atom. The van der Waals surface area contributed by atoms with Crippen molar-refractivity contribution in [3.05, 3.63) is 65.9 Å². The fourth-order valence-electron chi connectivity index (χ4n) is 6.29. The lowest BCUT2D eigenvalue weighted by Crippen LogP contribution is -2.45. The van der Waals surface area contributed by atoms with Crippen molar-refractivity contribution < 1.29 is 23.8 Å². The molecular formula is C35H37N3O5. The lowest BCUT2D eigenvalue weighted by Gasteiger charge is -2.28. The zero-order chi connectivity index (χ0) is 29.8. The maximum atomic E-state index is 13.0. The average molecular weight is 580 g/mol. The molecule has 0 bridgehead atoms. The number of methoxy groups -OCH3 is 1. The first-order valence-corrected chi connectivity index (χ1v) is 15.3. The molecule has 2 aliphatic rings. The quantitative estimate of drug-likeness (QED) is 0.223. The standard InChI is InChI=1S/C35H37N3O5/c1-41-32-19-23(35(40)38-28-10-6-7-11-30(28)39)12-14-27(32)33-20-29-34(43-33)26(16-17-37-29)22-13-15-31(24(18-22)21-36)42-25-8-4-2-3-5-9-25/h12-20,25,28,30,39H,2-11H2,1H3,(H,38,40)/t28-,30+/m0/s1. The van der Waals surface area contributed by atoms with Gasteiger partial charge in [-0.3, -0.25) is 9.78 Å². The van der Waals surface area contributed by atoms with Crippen molar-refractivity contribution in [2.45, 2.75) is 82.5 Å². The molecule has 0 radical (unpaired) electrons. The number of hydrogen-bond donors (Lipinski definition) is 2. The monoisotopic (exact) mass is 579 g/mol. The van der Waals surface area contributed by atoms with Gasteiger partial charge in [-0.25, -0.2) is 0 Å². The van der Waals surface area contributed by atoms with Gasteiger partial charge in [-0.1, -0.05) is 31.7 Å². The molecule has 43 heavy (non-hydrogen) atoms. The molecule has 2 saturated carbocycles. The number of nitriles is 1. The summed E-state index contributed by atoms with van der Waals surface area (Å²) in [6, 6.07) is 16.7. The Morgan fingerprint density at radius 2 is 1.74 bits per heavy atom. The molecule has 0 saturated heterocycles. The molecule has 2 N–H and O–H groups in total. The van der Waals surface area contributed by atoms with E-state index in [4.69, 9.17) is 13.9 Å². The molecule has 2 heterocycles. The van der Waals surface area contributed by atoms with Gasteiger partial charge in [0, 0.05) is 23.4 Å². The molecule has 1 amide bonds. The summed E-state index contributed by atoms with van der Waals surface area (Å²) in [7, 11) is 1.56. The van der Waals surface area contributed by atoms with Crippen molar-refractivity contribution in [3.63, 3.8) is 0 Å². The molecule has 0 aliphatic heterocycles. The van der Waals surface area contributed by atoms with Crippen LogP contribution < -0.4 is 14.8 Å². The minimum Gasteiger partial charge on any atom is -0.496 e. The SMILES string of the molecule is COc1cc(C(=O)N[C@H]2CCCC[C@H]2O)ccc1-c1cc2nccc(-c3ccc(OC4CCCCCC4)c(C#N)c3)c2o1. The summed E-state index contributed by atoms with van der Waals surface area (Å²) in [5.41, 5.74) is 4.54. The highest BCUT2D eigenvalue weighted by atomic mass is 16.5. The fraction of sp³-hybridized carbons (Fsp3) is 0.400. The first-order valence-electron chi connectivity index (χ1n) is 15.3. The highest BCUT2D eigenvalue weighted by Gasteiger charge is 2.26. The lowest BCUT2D eigenvalue weighted by molar-refractivity contribution is 0.0717. The molecule has 2 aliphatic carbocycles. The molecule has 2 aromatic carbocycles. The van der Waals surface area contributed by atoms with E-state index in [1.165, 1.54) is 12.8 Å². The zero-order valence-electron chi connectivity index (χ0n) is 24.5. The number of rotatable bonds is 7. The van der Waals surface area contributed by atoms with Gasteiger partial charge in [-0.05, 0) is 80.5 Å². The van der Waals surface area contributed by atoms with Gasteiger partial charge >= 0.3 is 0 Å². The van der Waals surface area contributed by atoms with Crippen molar-refractivity contribution in [1.29, 1.82) is 5.26 Å². The van der Waals surface area contributed by atoms with Crippen LogP contribution in [-0.4, -0.2) is 41.4 Å². The van der Waals surface area contributed by atoms with Gasteiger partial charge in [0.2, 0.25) is 0 Å². The summed E-state index contributed by atoms with van der Waals surface area (Å²) in [6.07, 6.45) is 11.6. The van der Waals surface area contributed by atoms with E-state index in [-0.39, 0.29) is 18.1 Å². The first-order chi connectivity index (χ1) is 21.0. The van der Waals surface area contributed by atoms with Crippen molar-refractivity contribution >= 4 is 17.0 Å². The van der Waals surface area contributed by atoms with E-state index < -0.39 is 6.10 Å². The predicted molar refractivity (Wildman–Crippen MR) is 164 cm³/mol. The average Bonchev–Trinajstić information content (AvgIpc) is 3.31. The largest absolute Gasteiger partial charge is 0.496 e. The number of aliphatic hydroxyl groups excluding tert-OH is 1. The van der Waals surface area contributed by atoms with Crippen LogP contribution in [0.1, 0.15) is 80.1 Å². The highest BCUT2D eigenvalue weighted by Crippen LogP contribution is 2.39. The van der Waals surface area contributed by atoms with Crippen LogP contribution in [0.3, 0.4) is 0 Å². The van der Waals surface area contributed by atoms with Crippen LogP contribution >= 0.6 is 0 Å². The highest BCUT2D eigenvalue weighted by molar-refractivity contribution is 5.97. The van der Waals surface area contributed by atoms with Crippen LogP contribution in [0.4, 0.5) is 0 Å². The minimum absolute atomic E-state index is 0.145. The number of nitrogens with one attached hydrogen (secondary N) is 1. The number of nitrogens with zero attached hydrogens (tertiary/aromatic N) is 2. The number of aliphatic hydroxyl groups is 1. The molecule has 8 heteroatoms. The van der Waals surface area contributed by atoms with Crippen molar-refractivity contribution in [3.8, 4) is 40.0 Å². The van der Waals surface area contributed by atoms with E-state index in [1.54, 1.807) is 31.5 Å². The van der Waals surface area contributed by atoms with E-state index >= 15 is 0 Å². The van der Waals surface area contributed by atoms with Crippen molar-refractivity contribution in [2.24, 2.45) is 0 Å². The van der Waals surface area contributed by atoms with Crippen LogP contribution in [0, 0.1) is 11.3 Å². The normalized spacial score (nSPS) is 19.4. The third-order valence-electron chi connectivity index (χ3n) is 8.69. The van der Waals surface area contributed by atoms with Gasteiger partial charge in [-0.15, -0.1) is 0 Å². The predicted octanol–water partition coefficient (Wildman–Crippen LogP) is 7.18. The van der Waals surface area contributed by atoms with E-state index in [9.17, 15) is 15.2 Å². The minimum atomic E-state index is -0.523. The molecule has 2 fully saturated rings. The smallest absolute Gasteiger partial charge is 0.251 e. The third kappa shape index (κ3) is 6.23. The van der Waals surface area contributed by atoms with Gasteiger partial charge in [0.25, 0.3) is 5.91 Å². The molecule has 6 rings (SSSR count). The number of fused-ring (bicyclic) bond motifs is 1. The molecular weight excluding hydrogens is 542 g/mol. The summed E-state index contributed by atoms with van der Waals surface area (Å²) >= 11 is 0. The van der Waals surface area contributed by atoms with E-state index in [0.29, 0.717) is 51.5 Å². The molecule has 0 spiro atoms. The van der Waals surface area contributed by atoms with Crippen LogP contribution in [0.15, 0.2) is 59.1 Å². The topological polar surface area (TPSA) is 118 Å². The van der Waals surface area contributed by atoms with Crippen LogP contribution in [0.25, 0.3) is 33.6 Å². The molecule has 2 atom stereocenters. The molecule has 2 aromatic heterocycles. The second kappa shape index (κ2) is 12.9. The van der Waals surface area contributed by atoms with Gasteiger partial charge in [0.05, 0.1) is 36.5 Å². The Hall–Kier alpha value is -4.35. The summed E-state index contributed by atoms with van der Waals surface area (Å²) in [5.74, 6) is 1.42. The second-order valence-electron chi connectivity index (χ2n) is 11.6. The number of carbonyl (C=O) groups excluding carboxylic acids is 1. The van der Waals surface area contributed by atoms with Crippen LogP contribution in [0.5, 0.6) is 11.5 Å². The van der Waals surface area contributed by atoms with Gasteiger partial charge in [0.1, 0.15) is 28.8 Å². The maximum Gasteiger partial charge on any atom is 0.251 e. The Labute approximate surface area is 251 Å². The van der Waals surface area contributed by atoms with Crippen LogP contribution in [0.2, 0.25) is 0 Å². The van der Waals surface area contributed by atoms with E-state index in [1.807, 2.05) is 30.3 Å². The number of hydrogen-bond acceptors (Lipinski definition) is 7. The number of amides is 1. The molecule has 222 valence electrons. The fourth-order valence-corrected chi connectivity index (χ4v) is 6.29. The molecule has 4 aromatic rings. The van der Waals surface area contributed by atoms with Crippen molar-refractivity contribution in [2.75, 3.05) is 7.11 Å². The Morgan fingerprint density at radius 1 is 0.953 bits per heavy atom. The summed E-state index contributed by atoms with van der Waals surface area (Å²) in [4.78, 5) is 17.5. The maximum absolute atomic E-state index is 13.0. The third-order valence-corrected chi connectivity index (χ3v) is 8.69. The summed E-state index contributed by atoms with van der Waals surface area (Å²) < 4.78 is 18.3. The number of benzene rings is 2. The Balaban J connectivity index is 1.27. The van der Waals surface area contributed by atoms with E-state index in [2.05, 4.69) is 16.4 Å². The molecule has 0 unspecified atom stereocenters. The number of ether oxygens (including phenoxy) is 2. The van der Waals surface area contributed by atoms with E-state index in [0.717, 1.165) is 56.1 Å². The Bertz CT molecular complexity index is 1650. The first kappa shape index (κ1) is 28.8. The van der Waals surface area contributed by atoms with Gasteiger partial charge < -0.3 is 24.3 Å². The van der Waals surface area contributed by atoms with Crippen LogP contribution in [-0.2, 0) is 0 Å². The number of aromatic nitrogens is 1. The summed E-state index contributed by atoms with van der Waals surface area (Å²) in [5, 5.41) is 23.2. The lowest BCUT2D eigenvalue weighted by atomic mass is 9.92. The number of pyridine rings is 1.